The highest BCUT2D eigenvalue weighted by Gasteiger charge is 2.09. The summed E-state index contributed by atoms with van der Waals surface area (Å²) in [5.41, 5.74) is 1.47. The molecule has 1 atom stereocenters. The molecule has 3 N–H and O–H groups in total. The van der Waals surface area contributed by atoms with Crippen LogP contribution in [0.2, 0.25) is 0 Å². The van der Waals surface area contributed by atoms with Gasteiger partial charge < -0.3 is 15.7 Å². The van der Waals surface area contributed by atoms with E-state index in [9.17, 15) is 18.5 Å². The molecular weight excluding hydrogens is 307 g/mol. The number of carbonyl (C=O) groups excluding carboxylic acids is 1. The monoisotopic (exact) mass is 322 g/mol. The number of hydrogen-bond acceptors (Lipinski definition) is 3. The van der Waals surface area contributed by atoms with Crippen LogP contribution in [0.3, 0.4) is 0 Å². The summed E-state index contributed by atoms with van der Waals surface area (Å²) in [7, 11) is -1.43. The second-order valence-electron chi connectivity index (χ2n) is 4.68. The van der Waals surface area contributed by atoms with Crippen molar-refractivity contribution in [2.24, 2.45) is 0 Å². The van der Waals surface area contributed by atoms with Crippen molar-refractivity contribution in [2.45, 2.75) is 11.8 Å². The number of aryl methyl sites for hydroxylation is 1. The highest BCUT2D eigenvalue weighted by atomic mass is 32.2. The lowest BCUT2D eigenvalue weighted by Gasteiger charge is -2.10. The number of urea groups is 1. The lowest BCUT2D eigenvalue weighted by Crippen LogP contribution is -2.20. The third-order valence-electron chi connectivity index (χ3n) is 2.96. The number of phenolic OH excluding ortho intramolecular Hbond substituents is 1. The molecule has 0 saturated heterocycles. The molecule has 0 radical (unpaired) electrons. The zero-order chi connectivity index (χ0) is 16.3. The Kier molecular flexibility index (Phi) is 4.77. The van der Waals surface area contributed by atoms with E-state index in [0.29, 0.717) is 11.3 Å². The fraction of sp³-hybridized carbons (Fsp3) is 0.133. The molecular formula is C15H15FN2O3S. The number of hydrogen-bond donors (Lipinski definition) is 3. The van der Waals surface area contributed by atoms with Crippen LogP contribution in [-0.4, -0.2) is 21.6 Å². The average molecular weight is 322 g/mol. The van der Waals surface area contributed by atoms with E-state index in [-0.39, 0.29) is 16.3 Å². The minimum Gasteiger partial charge on any atom is -0.508 e. The van der Waals surface area contributed by atoms with Gasteiger partial charge in [-0.1, -0.05) is 0 Å². The number of aromatic hydroxyl groups is 1. The fourth-order valence-corrected chi connectivity index (χ4v) is 2.48. The van der Waals surface area contributed by atoms with Crippen LogP contribution in [0.1, 0.15) is 5.56 Å². The van der Waals surface area contributed by atoms with Crippen LogP contribution in [0.5, 0.6) is 5.75 Å². The minimum absolute atomic E-state index is 0.0836. The van der Waals surface area contributed by atoms with Gasteiger partial charge in [0.05, 0.1) is 15.7 Å². The summed E-state index contributed by atoms with van der Waals surface area (Å²) in [4.78, 5) is 12.0. The zero-order valence-electron chi connectivity index (χ0n) is 12.0. The lowest BCUT2D eigenvalue weighted by atomic mass is 10.2. The summed E-state index contributed by atoms with van der Waals surface area (Å²) in [5.74, 6) is -0.534. The molecule has 0 aliphatic carbocycles. The molecule has 0 unspecified atom stereocenters. The maximum atomic E-state index is 13.7. The van der Waals surface area contributed by atoms with Gasteiger partial charge in [-0.05, 0) is 48.9 Å². The number of phenols is 1. The van der Waals surface area contributed by atoms with Crippen molar-refractivity contribution in [1.82, 2.24) is 0 Å². The molecule has 0 aromatic heterocycles. The number of rotatable bonds is 3. The van der Waals surface area contributed by atoms with Gasteiger partial charge >= 0.3 is 6.03 Å². The van der Waals surface area contributed by atoms with Gasteiger partial charge in [-0.15, -0.1) is 0 Å². The summed E-state index contributed by atoms with van der Waals surface area (Å²) in [6.45, 7) is 1.74. The maximum Gasteiger partial charge on any atom is 0.323 e. The second kappa shape index (κ2) is 6.57. The summed E-state index contributed by atoms with van der Waals surface area (Å²) in [6.07, 6.45) is 1.38. The molecule has 0 bridgehead atoms. The van der Waals surface area contributed by atoms with Gasteiger partial charge in [0.2, 0.25) is 0 Å². The Morgan fingerprint density at radius 2 is 1.91 bits per heavy atom. The standard InChI is InChI=1S/C15H15FN2O3S/c1-9-7-11(19)4-5-13(9)18-15(20)17-10-3-6-14(22(2)21)12(16)8-10/h3-8,19H,1-2H3,(H2,17,18,20)/t22-/m1/s1. The third-order valence-corrected chi connectivity index (χ3v) is 3.91. The fourth-order valence-electron chi connectivity index (χ4n) is 1.88. The molecule has 0 fully saturated rings. The Bertz CT molecular complexity index is 750. The van der Waals surface area contributed by atoms with Gasteiger partial charge in [0, 0.05) is 17.6 Å². The molecule has 2 aromatic rings. The number of carbonyl (C=O) groups is 1. The molecule has 116 valence electrons. The van der Waals surface area contributed by atoms with Gasteiger partial charge in [-0.3, -0.25) is 4.21 Å². The molecule has 22 heavy (non-hydrogen) atoms. The van der Waals surface area contributed by atoms with E-state index in [0.717, 1.165) is 6.07 Å². The van der Waals surface area contributed by atoms with E-state index in [1.54, 1.807) is 13.0 Å². The number of amides is 2. The molecule has 0 heterocycles. The van der Waals surface area contributed by atoms with E-state index < -0.39 is 22.6 Å². The van der Waals surface area contributed by atoms with Crippen LogP contribution in [0.4, 0.5) is 20.6 Å². The van der Waals surface area contributed by atoms with Crippen LogP contribution in [-0.2, 0) is 10.8 Å². The zero-order valence-corrected chi connectivity index (χ0v) is 12.8. The predicted molar refractivity (Wildman–Crippen MR) is 84.2 cm³/mol. The smallest absolute Gasteiger partial charge is 0.323 e. The van der Waals surface area contributed by atoms with Crippen LogP contribution in [0, 0.1) is 12.7 Å². The van der Waals surface area contributed by atoms with E-state index in [4.69, 9.17) is 0 Å². The quantitative estimate of drug-likeness (QED) is 0.759. The molecule has 2 rings (SSSR count). The molecule has 0 aliphatic rings. The molecule has 0 saturated carbocycles. The highest BCUT2D eigenvalue weighted by Crippen LogP contribution is 2.21. The first-order chi connectivity index (χ1) is 10.4. The summed E-state index contributed by atoms with van der Waals surface area (Å²) in [5, 5.41) is 14.4. The Balaban J connectivity index is 2.09. The Morgan fingerprint density at radius 3 is 2.50 bits per heavy atom. The van der Waals surface area contributed by atoms with Crippen molar-refractivity contribution in [3.8, 4) is 5.75 Å². The number of nitrogens with one attached hydrogen (secondary N) is 2. The molecule has 0 aliphatic heterocycles. The van der Waals surface area contributed by atoms with Gasteiger partial charge in [0.1, 0.15) is 11.6 Å². The summed E-state index contributed by atoms with van der Waals surface area (Å²) < 4.78 is 25.0. The first kappa shape index (κ1) is 16.0. The van der Waals surface area contributed by atoms with Crippen LogP contribution in [0.15, 0.2) is 41.3 Å². The van der Waals surface area contributed by atoms with Gasteiger partial charge in [0.25, 0.3) is 0 Å². The van der Waals surface area contributed by atoms with E-state index in [1.165, 1.54) is 30.5 Å². The maximum absolute atomic E-state index is 13.7. The normalized spacial score (nSPS) is 11.8. The highest BCUT2D eigenvalue weighted by molar-refractivity contribution is 7.84. The van der Waals surface area contributed by atoms with Crippen molar-refractivity contribution in [3.63, 3.8) is 0 Å². The molecule has 7 heteroatoms. The topological polar surface area (TPSA) is 78.4 Å². The van der Waals surface area contributed by atoms with Crippen LogP contribution in [0.25, 0.3) is 0 Å². The minimum atomic E-state index is -1.43. The predicted octanol–water partition coefficient (Wildman–Crippen LogP) is 3.22. The first-order valence-electron chi connectivity index (χ1n) is 6.37. The molecule has 5 nitrogen and oxygen atoms in total. The van der Waals surface area contributed by atoms with Crippen molar-refractivity contribution in [3.05, 3.63) is 47.8 Å². The van der Waals surface area contributed by atoms with Crippen LogP contribution < -0.4 is 10.6 Å². The van der Waals surface area contributed by atoms with Crippen LogP contribution >= 0.6 is 0 Å². The Morgan fingerprint density at radius 1 is 1.18 bits per heavy atom. The number of halogens is 1. The van der Waals surface area contributed by atoms with Crippen molar-refractivity contribution < 1.29 is 18.5 Å². The first-order valence-corrected chi connectivity index (χ1v) is 7.93. The molecule has 0 spiro atoms. The van der Waals surface area contributed by atoms with Crippen molar-refractivity contribution in [1.29, 1.82) is 0 Å². The van der Waals surface area contributed by atoms with Crippen molar-refractivity contribution in [2.75, 3.05) is 16.9 Å². The van der Waals surface area contributed by atoms with Crippen molar-refractivity contribution >= 4 is 28.2 Å². The third kappa shape index (κ3) is 3.82. The average Bonchev–Trinajstić information content (AvgIpc) is 2.41. The van der Waals surface area contributed by atoms with E-state index >= 15 is 0 Å². The number of benzene rings is 2. The lowest BCUT2D eigenvalue weighted by molar-refractivity contribution is 0.262. The molecule has 2 aromatic carbocycles. The Hall–Kier alpha value is -2.41. The van der Waals surface area contributed by atoms with Gasteiger partial charge in [-0.2, -0.15) is 0 Å². The summed E-state index contributed by atoms with van der Waals surface area (Å²) in [6, 6.07) is 7.94. The molecule has 2 amide bonds. The van der Waals surface area contributed by atoms with Gasteiger partial charge in [0.15, 0.2) is 0 Å². The van der Waals surface area contributed by atoms with E-state index in [1.807, 2.05) is 0 Å². The largest absolute Gasteiger partial charge is 0.508 e. The van der Waals surface area contributed by atoms with E-state index in [2.05, 4.69) is 10.6 Å². The second-order valence-corrected chi connectivity index (χ2v) is 6.03. The summed E-state index contributed by atoms with van der Waals surface area (Å²) >= 11 is 0. The SMILES string of the molecule is Cc1cc(O)ccc1NC(=O)Nc1ccc([S@@](C)=O)c(F)c1. The number of anilines is 2. The Labute approximate surface area is 129 Å². The van der Waals surface area contributed by atoms with Gasteiger partial charge in [-0.25, -0.2) is 9.18 Å².